The van der Waals surface area contributed by atoms with Gasteiger partial charge >= 0.3 is 0 Å². The first-order chi connectivity index (χ1) is 15.1. The fourth-order valence-corrected chi connectivity index (χ4v) is 4.43. The van der Waals surface area contributed by atoms with E-state index in [1.54, 1.807) is 0 Å². The minimum Gasteiger partial charge on any atom is -0.394 e. The molecular weight excluding hydrogens is 430 g/mol. The number of aliphatic hydroxyl groups excluding tert-OH is 5. The van der Waals surface area contributed by atoms with Crippen LogP contribution in [0.2, 0.25) is 0 Å². The van der Waals surface area contributed by atoms with Gasteiger partial charge in [0.2, 0.25) is 0 Å². The van der Waals surface area contributed by atoms with Gasteiger partial charge in [-0.05, 0) is 12.8 Å². The third kappa shape index (κ3) is 5.24. The van der Waals surface area contributed by atoms with Crippen molar-refractivity contribution in [3.05, 3.63) is 0 Å². The molecule has 3 aliphatic rings. The Hall–Kier alpha value is -0.560. The first kappa shape index (κ1) is 26.1. The molecule has 0 aromatic carbocycles. The normalized spacial score (nSPS) is 52.7. The Morgan fingerprint density at radius 1 is 0.719 bits per heavy atom. The van der Waals surface area contributed by atoms with Crippen molar-refractivity contribution < 1.29 is 44.5 Å². The summed E-state index contributed by atoms with van der Waals surface area (Å²) < 4.78 is 22.7. The fraction of sp³-hybridized carbons (Fsp3) is 1.00. The topological polar surface area (TPSA) is 268 Å². The maximum atomic E-state index is 11.0. The van der Waals surface area contributed by atoms with E-state index in [1.165, 1.54) is 0 Å². The minimum atomic E-state index is -1.44. The molecular formula is C18H37N5O9. The van der Waals surface area contributed by atoms with Crippen LogP contribution in [0.15, 0.2) is 0 Å². The molecule has 15 N–H and O–H groups in total. The number of hydrogen-bond donors (Lipinski definition) is 10. The van der Waals surface area contributed by atoms with E-state index in [0.29, 0.717) is 0 Å². The second-order valence-electron chi connectivity index (χ2n) is 8.78. The van der Waals surface area contributed by atoms with Gasteiger partial charge in [-0.3, -0.25) is 0 Å². The van der Waals surface area contributed by atoms with Gasteiger partial charge in [-0.25, -0.2) is 0 Å². The molecule has 1 aliphatic carbocycles. The highest BCUT2D eigenvalue weighted by atomic mass is 16.7. The largest absolute Gasteiger partial charge is 0.394 e. The molecule has 14 nitrogen and oxygen atoms in total. The molecule has 188 valence electrons. The molecule has 14 heteroatoms. The Kier molecular flexibility index (Phi) is 8.79. The zero-order valence-corrected chi connectivity index (χ0v) is 17.7. The van der Waals surface area contributed by atoms with E-state index in [-0.39, 0.29) is 19.4 Å². The average molecular weight is 468 g/mol. The van der Waals surface area contributed by atoms with E-state index < -0.39 is 92.2 Å². The van der Waals surface area contributed by atoms with Gasteiger partial charge in [0.15, 0.2) is 12.6 Å². The lowest BCUT2D eigenvalue weighted by Crippen LogP contribution is -2.68. The standard InChI is InChI=1S/C18H37N5O9/c19-3-9-8(25)2-7(22)17(29-9)31-15-5(20)1-6(21)16(14(15)28)32-18-13(27)11(23)12(26)10(4-24)30-18/h5-18,24-28H,1-4,19-23H2/t5-,6+,7-,8+,9-,10+,11-,12+,13+,14-,15+,16-,17+,18?/m0/s1. The summed E-state index contributed by atoms with van der Waals surface area (Å²) in [5, 5.41) is 50.7. The molecule has 0 bridgehead atoms. The summed E-state index contributed by atoms with van der Waals surface area (Å²) in [6.45, 7) is -0.499. The van der Waals surface area contributed by atoms with Crippen LogP contribution in [0.5, 0.6) is 0 Å². The molecule has 1 unspecified atom stereocenters. The lowest BCUT2D eigenvalue weighted by atomic mass is 9.84. The lowest BCUT2D eigenvalue weighted by Gasteiger charge is -2.47. The number of hydrogen-bond acceptors (Lipinski definition) is 14. The van der Waals surface area contributed by atoms with Crippen molar-refractivity contribution in [2.24, 2.45) is 28.7 Å². The van der Waals surface area contributed by atoms with Crippen LogP contribution >= 0.6 is 0 Å². The van der Waals surface area contributed by atoms with E-state index in [2.05, 4.69) is 0 Å². The Labute approximate surface area is 185 Å². The average Bonchev–Trinajstić information content (AvgIpc) is 2.75. The number of ether oxygens (including phenoxy) is 4. The molecule has 2 saturated heterocycles. The Balaban J connectivity index is 1.70. The number of nitrogens with two attached hydrogens (primary N) is 5. The van der Waals surface area contributed by atoms with Crippen molar-refractivity contribution in [2.75, 3.05) is 13.2 Å². The Bertz CT molecular complexity index is 607. The predicted molar refractivity (Wildman–Crippen MR) is 108 cm³/mol. The fourth-order valence-electron chi connectivity index (χ4n) is 4.43. The summed E-state index contributed by atoms with van der Waals surface area (Å²) >= 11 is 0. The first-order valence-corrected chi connectivity index (χ1v) is 10.8. The predicted octanol–water partition coefficient (Wildman–Crippen LogP) is -6.30. The van der Waals surface area contributed by atoms with Crippen LogP contribution in [0.4, 0.5) is 0 Å². The second kappa shape index (κ2) is 10.8. The van der Waals surface area contributed by atoms with E-state index >= 15 is 0 Å². The number of aliphatic hydroxyl groups is 5. The molecule has 14 atom stereocenters. The highest BCUT2D eigenvalue weighted by molar-refractivity contribution is 5.01. The van der Waals surface area contributed by atoms with Gasteiger partial charge in [0, 0.05) is 18.6 Å². The van der Waals surface area contributed by atoms with Crippen molar-refractivity contribution in [2.45, 2.75) is 98.4 Å². The van der Waals surface area contributed by atoms with Gasteiger partial charge in [-0.15, -0.1) is 0 Å². The van der Waals surface area contributed by atoms with Crippen LogP contribution < -0.4 is 28.7 Å². The van der Waals surface area contributed by atoms with Crippen molar-refractivity contribution in [1.29, 1.82) is 0 Å². The maximum absolute atomic E-state index is 11.0. The molecule has 3 fully saturated rings. The lowest BCUT2D eigenvalue weighted by molar-refractivity contribution is -0.314. The zero-order chi connectivity index (χ0) is 23.7. The van der Waals surface area contributed by atoms with E-state index in [9.17, 15) is 25.5 Å². The van der Waals surface area contributed by atoms with Crippen LogP contribution in [0.25, 0.3) is 0 Å². The van der Waals surface area contributed by atoms with E-state index in [1.807, 2.05) is 0 Å². The van der Waals surface area contributed by atoms with Gasteiger partial charge < -0.3 is 73.1 Å². The first-order valence-electron chi connectivity index (χ1n) is 10.8. The van der Waals surface area contributed by atoms with Crippen molar-refractivity contribution in [3.63, 3.8) is 0 Å². The van der Waals surface area contributed by atoms with Crippen LogP contribution in [0, 0.1) is 0 Å². The van der Waals surface area contributed by atoms with Gasteiger partial charge in [-0.1, -0.05) is 0 Å². The smallest absolute Gasteiger partial charge is 0.186 e. The third-order valence-electron chi connectivity index (χ3n) is 6.41. The van der Waals surface area contributed by atoms with E-state index in [4.69, 9.17) is 47.6 Å². The van der Waals surface area contributed by atoms with Crippen LogP contribution in [0.1, 0.15) is 12.8 Å². The Morgan fingerprint density at radius 2 is 1.28 bits per heavy atom. The number of rotatable bonds is 6. The second-order valence-corrected chi connectivity index (χ2v) is 8.78. The minimum absolute atomic E-state index is 0.0542. The monoisotopic (exact) mass is 467 g/mol. The van der Waals surface area contributed by atoms with Crippen molar-refractivity contribution >= 4 is 0 Å². The van der Waals surface area contributed by atoms with Crippen LogP contribution in [-0.4, -0.2) is 124 Å². The highest BCUT2D eigenvalue weighted by Gasteiger charge is 2.50. The summed E-state index contributed by atoms with van der Waals surface area (Å²) in [5.74, 6) is 0. The van der Waals surface area contributed by atoms with E-state index in [0.717, 1.165) is 0 Å². The maximum Gasteiger partial charge on any atom is 0.186 e. The van der Waals surface area contributed by atoms with Crippen molar-refractivity contribution in [3.8, 4) is 0 Å². The molecule has 0 spiro atoms. The van der Waals surface area contributed by atoms with Crippen molar-refractivity contribution in [1.82, 2.24) is 0 Å². The van der Waals surface area contributed by atoms with Crippen LogP contribution in [0.3, 0.4) is 0 Å². The Morgan fingerprint density at radius 3 is 1.84 bits per heavy atom. The molecule has 3 rings (SSSR count). The van der Waals surface area contributed by atoms with Crippen LogP contribution in [-0.2, 0) is 18.9 Å². The summed E-state index contributed by atoms with van der Waals surface area (Å²) in [6.07, 6.45) is -10.8. The van der Waals surface area contributed by atoms with Gasteiger partial charge in [0.25, 0.3) is 0 Å². The summed E-state index contributed by atoms with van der Waals surface area (Å²) in [6, 6.07) is -3.27. The molecule has 32 heavy (non-hydrogen) atoms. The summed E-state index contributed by atoms with van der Waals surface area (Å²) in [7, 11) is 0. The molecule has 0 radical (unpaired) electrons. The zero-order valence-electron chi connectivity index (χ0n) is 17.7. The molecule has 0 amide bonds. The third-order valence-corrected chi connectivity index (χ3v) is 6.41. The van der Waals surface area contributed by atoms with Gasteiger partial charge in [-0.2, -0.15) is 0 Å². The summed E-state index contributed by atoms with van der Waals surface area (Å²) in [5.41, 5.74) is 29.8. The quantitative estimate of drug-likeness (QED) is 0.174. The molecule has 0 aromatic heterocycles. The molecule has 1 saturated carbocycles. The van der Waals surface area contributed by atoms with Gasteiger partial charge in [0.1, 0.15) is 36.6 Å². The molecule has 0 aromatic rings. The highest BCUT2D eigenvalue weighted by Crippen LogP contribution is 2.30. The SMILES string of the molecule is NC[C@@H]1O[C@H](O[C@H]2[C@H](O)[C@@H](OC3O[C@H](CO)[C@@H](O)[C@H](N)[C@H]3O)[C@H](N)C[C@@H]2N)[C@@H](N)C[C@H]1O. The summed E-state index contributed by atoms with van der Waals surface area (Å²) in [4.78, 5) is 0. The molecule has 2 heterocycles. The molecule has 2 aliphatic heterocycles. The van der Waals surface area contributed by atoms with Gasteiger partial charge in [0.05, 0.1) is 30.9 Å².